The Hall–Kier alpha value is -2.57. The number of urea groups is 1. The van der Waals surface area contributed by atoms with Crippen molar-refractivity contribution >= 4 is 46.5 Å². The number of nitrogens with zero attached hydrogens (tertiary/aromatic N) is 1. The largest absolute Gasteiger partial charge is 0.334 e. The Kier molecular flexibility index (Phi) is 6.17. The Morgan fingerprint density at radius 3 is 2.29 bits per heavy atom. The molecule has 3 N–H and O–H groups in total. The van der Waals surface area contributed by atoms with E-state index in [1.807, 2.05) is 0 Å². The number of benzene rings is 1. The highest BCUT2D eigenvalue weighted by molar-refractivity contribution is 6.35. The van der Waals surface area contributed by atoms with Crippen LogP contribution in [0.5, 0.6) is 0 Å². The second kappa shape index (κ2) is 8.33. The number of hydrogen-bond donors (Lipinski definition) is 3. The van der Waals surface area contributed by atoms with Crippen molar-refractivity contribution in [1.82, 2.24) is 10.3 Å². The predicted octanol–water partition coefficient (Wildman–Crippen LogP) is 3.95. The summed E-state index contributed by atoms with van der Waals surface area (Å²) in [5.41, 5.74) is 1.14. The lowest BCUT2D eigenvalue weighted by molar-refractivity contribution is 0.102. The summed E-state index contributed by atoms with van der Waals surface area (Å²) in [6.07, 6.45) is 1.58. The molecular formula is C16H14Cl2N4O2. The molecule has 0 aliphatic carbocycles. The van der Waals surface area contributed by atoms with E-state index in [0.29, 0.717) is 17.9 Å². The molecule has 0 unspecified atom stereocenters. The minimum atomic E-state index is -0.480. The standard InChI is InChI=1S/C16H14Cl2N4O2/c1-2-9-19-16(24)21-11-5-3-10(4-6-11)20-15(23)14-12(17)7-8-13(18)22-14/h2-8H,1,9H2,(H,20,23)(H2,19,21,24). The zero-order valence-electron chi connectivity index (χ0n) is 12.5. The minimum Gasteiger partial charge on any atom is -0.334 e. The SMILES string of the molecule is C=CCNC(=O)Nc1ccc(NC(=O)c2nc(Cl)ccc2Cl)cc1. The van der Waals surface area contributed by atoms with Crippen molar-refractivity contribution in [3.63, 3.8) is 0 Å². The lowest BCUT2D eigenvalue weighted by Gasteiger charge is -2.09. The van der Waals surface area contributed by atoms with Gasteiger partial charge in [0.2, 0.25) is 0 Å². The van der Waals surface area contributed by atoms with Gasteiger partial charge < -0.3 is 16.0 Å². The average Bonchev–Trinajstić information content (AvgIpc) is 2.57. The van der Waals surface area contributed by atoms with Crippen molar-refractivity contribution in [3.8, 4) is 0 Å². The molecule has 0 atom stereocenters. The summed E-state index contributed by atoms with van der Waals surface area (Å²) in [5, 5.41) is 8.26. The van der Waals surface area contributed by atoms with Crippen molar-refractivity contribution in [2.75, 3.05) is 17.2 Å². The summed E-state index contributed by atoms with van der Waals surface area (Å²) < 4.78 is 0. The van der Waals surface area contributed by atoms with Gasteiger partial charge in [0.25, 0.3) is 5.91 Å². The van der Waals surface area contributed by atoms with E-state index in [4.69, 9.17) is 23.2 Å². The first-order chi connectivity index (χ1) is 11.5. The molecule has 0 aliphatic heterocycles. The summed E-state index contributed by atoms with van der Waals surface area (Å²) in [5.74, 6) is -0.480. The normalized spacial score (nSPS) is 9.92. The minimum absolute atomic E-state index is 0.0372. The van der Waals surface area contributed by atoms with Gasteiger partial charge in [0.15, 0.2) is 0 Å². The van der Waals surface area contributed by atoms with Crippen LogP contribution in [-0.4, -0.2) is 23.5 Å². The molecule has 1 heterocycles. The van der Waals surface area contributed by atoms with Crippen LogP contribution in [0.1, 0.15) is 10.5 Å². The first-order valence-corrected chi connectivity index (χ1v) is 7.64. The summed E-state index contributed by atoms with van der Waals surface area (Å²) in [4.78, 5) is 27.6. The molecular weight excluding hydrogens is 351 g/mol. The number of pyridine rings is 1. The number of anilines is 2. The first-order valence-electron chi connectivity index (χ1n) is 6.89. The van der Waals surface area contributed by atoms with Crippen LogP contribution < -0.4 is 16.0 Å². The van der Waals surface area contributed by atoms with E-state index in [-0.39, 0.29) is 21.9 Å². The molecule has 0 radical (unpaired) electrons. The lowest BCUT2D eigenvalue weighted by Crippen LogP contribution is -2.28. The maximum atomic E-state index is 12.2. The molecule has 3 amide bonds. The van der Waals surface area contributed by atoms with Gasteiger partial charge in [-0.15, -0.1) is 6.58 Å². The van der Waals surface area contributed by atoms with Gasteiger partial charge in [-0.2, -0.15) is 0 Å². The Labute approximate surface area is 148 Å². The number of carbonyl (C=O) groups is 2. The number of aromatic nitrogens is 1. The van der Waals surface area contributed by atoms with E-state index < -0.39 is 5.91 Å². The Balaban J connectivity index is 2.01. The van der Waals surface area contributed by atoms with E-state index in [2.05, 4.69) is 27.5 Å². The van der Waals surface area contributed by atoms with Crippen LogP contribution in [0.2, 0.25) is 10.2 Å². The molecule has 0 saturated heterocycles. The third kappa shape index (κ3) is 4.97. The van der Waals surface area contributed by atoms with Crippen LogP contribution in [0.3, 0.4) is 0 Å². The fourth-order valence-electron chi connectivity index (χ4n) is 1.74. The Morgan fingerprint density at radius 1 is 1.04 bits per heavy atom. The number of carbonyl (C=O) groups excluding carboxylic acids is 2. The molecule has 2 aromatic rings. The van der Waals surface area contributed by atoms with Gasteiger partial charge in [-0.05, 0) is 36.4 Å². The summed E-state index contributed by atoms with van der Waals surface area (Å²) in [7, 11) is 0. The monoisotopic (exact) mass is 364 g/mol. The summed E-state index contributed by atoms with van der Waals surface area (Å²) in [6.45, 7) is 3.88. The molecule has 8 heteroatoms. The zero-order valence-corrected chi connectivity index (χ0v) is 14.0. The highest BCUT2D eigenvalue weighted by Crippen LogP contribution is 2.19. The van der Waals surface area contributed by atoms with E-state index in [1.165, 1.54) is 12.1 Å². The molecule has 6 nitrogen and oxygen atoms in total. The molecule has 24 heavy (non-hydrogen) atoms. The second-order valence-corrected chi connectivity index (χ2v) is 5.41. The van der Waals surface area contributed by atoms with Crippen LogP contribution in [-0.2, 0) is 0 Å². The molecule has 0 bridgehead atoms. The van der Waals surface area contributed by atoms with E-state index in [0.717, 1.165) is 0 Å². The third-order valence-corrected chi connectivity index (χ3v) is 3.35. The van der Waals surface area contributed by atoms with Crippen LogP contribution in [0, 0.1) is 0 Å². The van der Waals surface area contributed by atoms with Crippen molar-refractivity contribution in [2.45, 2.75) is 0 Å². The highest BCUT2D eigenvalue weighted by atomic mass is 35.5. The van der Waals surface area contributed by atoms with Gasteiger partial charge in [0, 0.05) is 17.9 Å². The first kappa shape index (κ1) is 17.8. The van der Waals surface area contributed by atoms with Gasteiger partial charge in [-0.3, -0.25) is 4.79 Å². The van der Waals surface area contributed by atoms with Crippen molar-refractivity contribution < 1.29 is 9.59 Å². The van der Waals surface area contributed by atoms with Gasteiger partial charge in [-0.1, -0.05) is 29.3 Å². The number of nitrogens with one attached hydrogen (secondary N) is 3. The van der Waals surface area contributed by atoms with Gasteiger partial charge in [0.1, 0.15) is 10.8 Å². The van der Waals surface area contributed by atoms with Crippen molar-refractivity contribution in [1.29, 1.82) is 0 Å². The molecule has 0 saturated carbocycles. The van der Waals surface area contributed by atoms with Gasteiger partial charge in [-0.25, -0.2) is 9.78 Å². The summed E-state index contributed by atoms with van der Waals surface area (Å²) in [6, 6.07) is 9.23. The average molecular weight is 365 g/mol. The number of rotatable bonds is 5. The summed E-state index contributed by atoms with van der Waals surface area (Å²) >= 11 is 11.7. The van der Waals surface area contributed by atoms with Crippen LogP contribution in [0.25, 0.3) is 0 Å². The quantitative estimate of drug-likeness (QED) is 0.554. The van der Waals surface area contributed by atoms with Crippen LogP contribution >= 0.6 is 23.2 Å². The number of amides is 3. The highest BCUT2D eigenvalue weighted by Gasteiger charge is 2.13. The fourth-order valence-corrected chi connectivity index (χ4v) is 2.08. The van der Waals surface area contributed by atoms with Gasteiger partial charge in [0.05, 0.1) is 5.02 Å². The molecule has 0 spiro atoms. The molecule has 0 fully saturated rings. The smallest absolute Gasteiger partial charge is 0.319 e. The molecule has 124 valence electrons. The topological polar surface area (TPSA) is 83.1 Å². The predicted molar refractivity (Wildman–Crippen MR) is 95.9 cm³/mol. The fraction of sp³-hybridized carbons (Fsp3) is 0.0625. The zero-order chi connectivity index (χ0) is 17.5. The van der Waals surface area contributed by atoms with Gasteiger partial charge >= 0.3 is 6.03 Å². The van der Waals surface area contributed by atoms with E-state index in [1.54, 1.807) is 30.3 Å². The van der Waals surface area contributed by atoms with E-state index >= 15 is 0 Å². The lowest BCUT2D eigenvalue weighted by atomic mass is 10.2. The Bertz CT molecular complexity index is 763. The molecule has 1 aromatic carbocycles. The number of halogens is 2. The molecule has 1 aromatic heterocycles. The Morgan fingerprint density at radius 2 is 1.67 bits per heavy atom. The second-order valence-electron chi connectivity index (χ2n) is 4.62. The van der Waals surface area contributed by atoms with Crippen molar-refractivity contribution in [3.05, 3.63) is 64.9 Å². The maximum Gasteiger partial charge on any atom is 0.319 e. The molecule has 0 aliphatic rings. The maximum absolute atomic E-state index is 12.2. The number of hydrogen-bond acceptors (Lipinski definition) is 3. The van der Waals surface area contributed by atoms with E-state index in [9.17, 15) is 9.59 Å². The van der Waals surface area contributed by atoms with Crippen LogP contribution in [0.15, 0.2) is 49.1 Å². The molecule has 2 rings (SSSR count). The van der Waals surface area contributed by atoms with Crippen LogP contribution in [0.4, 0.5) is 16.2 Å². The van der Waals surface area contributed by atoms with Crippen molar-refractivity contribution in [2.24, 2.45) is 0 Å². The third-order valence-electron chi connectivity index (χ3n) is 2.83.